The quantitative estimate of drug-likeness (QED) is 0.579. The van der Waals surface area contributed by atoms with Gasteiger partial charge in [0.25, 0.3) is 0 Å². The standard InChI is InChI=1S/C13H16N2/c1-2-3-8-14-10-12-6-4-5-11-7-9-15-13(11)12/h4-7,9-10,15H,2-3,8H2,1H3/b14-10+. The molecule has 1 aromatic heterocycles. The molecule has 2 aromatic rings. The summed E-state index contributed by atoms with van der Waals surface area (Å²) < 4.78 is 0. The molecule has 1 heterocycles. The molecule has 0 atom stereocenters. The van der Waals surface area contributed by atoms with E-state index in [9.17, 15) is 0 Å². The summed E-state index contributed by atoms with van der Waals surface area (Å²) >= 11 is 0. The minimum absolute atomic E-state index is 0.924. The molecule has 1 N–H and O–H groups in total. The van der Waals surface area contributed by atoms with Crippen LogP contribution in [0.1, 0.15) is 25.3 Å². The lowest BCUT2D eigenvalue weighted by Crippen LogP contribution is -1.86. The maximum Gasteiger partial charge on any atom is 0.0542 e. The molecule has 15 heavy (non-hydrogen) atoms. The van der Waals surface area contributed by atoms with Crippen LogP contribution >= 0.6 is 0 Å². The third-order valence-electron chi connectivity index (χ3n) is 2.49. The fourth-order valence-corrected chi connectivity index (χ4v) is 1.63. The highest BCUT2D eigenvalue weighted by Crippen LogP contribution is 2.15. The molecular formula is C13H16N2. The molecule has 0 saturated carbocycles. The van der Waals surface area contributed by atoms with Crippen molar-refractivity contribution in [2.75, 3.05) is 6.54 Å². The molecule has 0 amide bonds. The zero-order valence-electron chi connectivity index (χ0n) is 9.03. The third kappa shape index (κ3) is 2.27. The van der Waals surface area contributed by atoms with Crippen LogP contribution < -0.4 is 0 Å². The number of hydrogen-bond donors (Lipinski definition) is 1. The summed E-state index contributed by atoms with van der Waals surface area (Å²) in [6.45, 7) is 3.11. The van der Waals surface area contributed by atoms with Crippen LogP contribution in [-0.4, -0.2) is 17.7 Å². The van der Waals surface area contributed by atoms with Gasteiger partial charge in [-0.2, -0.15) is 0 Å². The Morgan fingerprint density at radius 3 is 3.13 bits per heavy atom. The van der Waals surface area contributed by atoms with Crippen molar-refractivity contribution in [2.45, 2.75) is 19.8 Å². The summed E-state index contributed by atoms with van der Waals surface area (Å²) in [5, 5.41) is 1.24. The van der Waals surface area contributed by atoms with Gasteiger partial charge in [0.15, 0.2) is 0 Å². The van der Waals surface area contributed by atoms with E-state index in [1.165, 1.54) is 22.9 Å². The predicted molar refractivity (Wildman–Crippen MR) is 65.7 cm³/mol. The highest BCUT2D eigenvalue weighted by atomic mass is 14.7. The van der Waals surface area contributed by atoms with Crippen molar-refractivity contribution in [3.8, 4) is 0 Å². The molecule has 0 fully saturated rings. The first kappa shape index (κ1) is 9.97. The maximum absolute atomic E-state index is 4.42. The van der Waals surface area contributed by atoms with Gasteiger partial charge >= 0.3 is 0 Å². The number of unbranched alkanes of at least 4 members (excludes halogenated alkanes) is 1. The number of hydrogen-bond acceptors (Lipinski definition) is 1. The van der Waals surface area contributed by atoms with E-state index >= 15 is 0 Å². The van der Waals surface area contributed by atoms with Crippen molar-refractivity contribution in [1.29, 1.82) is 0 Å². The van der Waals surface area contributed by atoms with Crippen molar-refractivity contribution in [1.82, 2.24) is 4.98 Å². The molecule has 2 rings (SSSR count). The van der Waals surface area contributed by atoms with Crippen LogP contribution in [0.4, 0.5) is 0 Å². The third-order valence-corrected chi connectivity index (χ3v) is 2.49. The number of nitrogens with one attached hydrogen (secondary N) is 1. The number of H-pyrrole nitrogens is 1. The van der Waals surface area contributed by atoms with E-state index in [0.717, 1.165) is 13.0 Å². The summed E-state index contributed by atoms with van der Waals surface area (Å²) in [7, 11) is 0. The summed E-state index contributed by atoms with van der Waals surface area (Å²) in [5.74, 6) is 0. The predicted octanol–water partition coefficient (Wildman–Crippen LogP) is 3.39. The van der Waals surface area contributed by atoms with Crippen LogP contribution in [0.3, 0.4) is 0 Å². The van der Waals surface area contributed by atoms with E-state index < -0.39 is 0 Å². The zero-order chi connectivity index (χ0) is 10.5. The Morgan fingerprint density at radius 1 is 1.33 bits per heavy atom. The van der Waals surface area contributed by atoms with Crippen molar-refractivity contribution in [3.63, 3.8) is 0 Å². The van der Waals surface area contributed by atoms with E-state index in [-0.39, 0.29) is 0 Å². The number of benzene rings is 1. The van der Waals surface area contributed by atoms with Gasteiger partial charge in [0.2, 0.25) is 0 Å². The number of aliphatic imine (C=N–C) groups is 1. The Hall–Kier alpha value is -1.57. The minimum Gasteiger partial charge on any atom is -0.361 e. The fourth-order valence-electron chi connectivity index (χ4n) is 1.63. The number of rotatable bonds is 4. The molecule has 1 aromatic carbocycles. The lowest BCUT2D eigenvalue weighted by atomic mass is 10.1. The van der Waals surface area contributed by atoms with Crippen LogP contribution in [-0.2, 0) is 0 Å². The zero-order valence-corrected chi connectivity index (χ0v) is 9.03. The lowest BCUT2D eigenvalue weighted by molar-refractivity contribution is 0.810. The highest BCUT2D eigenvalue weighted by molar-refractivity contribution is 5.97. The second kappa shape index (κ2) is 4.78. The number of aromatic amines is 1. The van der Waals surface area contributed by atoms with Gasteiger partial charge in [0.1, 0.15) is 0 Å². The molecular weight excluding hydrogens is 184 g/mol. The van der Waals surface area contributed by atoms with E-state index in [2.05, 4.69) is 41.2 Å². The average Bonchev–Trinajstić information content (AvgIpc) is 2.73. The Kier molecular flexibility index (Phi) is 3.18. The van der Waals surface area contributed by atoms with Crippen LogP contribution in [0.15, 0.2) is 35.5 Å². The van der Waals surface area contributed by atoms with E-state index in [4.69, 9.17) is 0 Å². The molecule has 0 radical (unpaired) electrons. The van der Waals surface area contributed by atoms with Gasteiger partial charge in [-0.1, -0.05) is 31.5 Å². The first-order valence-corrected chi connectivity index (χ1v) is 5.47. The molecule has 0 bridgehead atoms. The van der Waals surface area contributed by atoms with Gasteiger partial charge in [0, 0.05) is 29.9 Å². The highest BCUT2D eigenvalue weighted by Gasteiger charge is 1.97. The van der Waals surface area contributed by atoms with Crippen LogP contribution in [0.25, 0.3) is 10.9 Å². The van der Waals surface area contributed by atoms with Crippen molar-refractivity contribution in [3.05, 3.63) is 36.0 Å². The Balaban J connectivity index is 2.20. The first-order valence-electron chi connectivity index (χ1n) is 5.47. The molecule has 2 heteroatoms. The molecule has 0 aliphatic rings. The van der Waals surface area contributed by atoms with Crippen LogP contribution in [0, 0.1) is 0 Å². The molecule has 0 saturated heterocycles. The summed E-state index contributed by atoms with van der Waals surface area (Å²) in [4.78, 5) is 7.65. The molecule has 2 nitrogen and oxygen atoms in total. The number of aromatic nitrogens is 1. The van der Waals surface area contributed by atoms with Crippen LogP contribution in [0.2, 0.25) is 0 Å². The van der Waals surface area contributed by atoms with Gasteiger partial charge in [-0.05, 0) is 12.5 Å². The van der Waals surface area contributed by atoms with Crippen LogP contribution in [0.5, 0.6) is 0 Å². The summed E-state index contributed by atoms with van der Waals surface area (Å²) in [6, 6.07) is 8.35. The van der Waals surface area contributed by atoms with Gasteiger partial charge in [-0.25, -0.2) is 0 Å². The minimum atomic E-state index is 0.924. The van der Waals surface area contributed by atoms with E-state index in [1.54, 1.807) is 0 Å². The van der Waals surface area contributed by atoms with Gasteiger partial charge in [-0.15, -0.1) is 0 Å². The van der Waals surface area contributed by atoms with Gasteiger partial charge in [0.05, 0.1) is 5.52 Å². The largest absolute Gasteiger partial charge is 0.361 e. The average molecular weight is 200 g/mol. The number of para-hydroxylation sites is 1. The normalized spacial score (nSPS) is 11.5. The first-order chi connectivity index (χ1) is 7.42. The number of nitrogens with zero attached hydrogens (tertiary/aromatic N) is 1. The monoisotopic (exact) mass is 200 g/mol. The van der Waals surface area contributed by atoms with Crippen molar-refractivity contribution in [2.24, 2.45) is 4.99 Å². The van der Waals surface area contributed by atoms with Crippen molar-refractivity contribution >= 4 is 17.1 Å². The maximum atomic E-state index is 4.42. The lowest BCUT2D eigenvalue weighted by Gasteiger charge is -1.96. The second-order valence-corrected chi connectivity index (χ2v) is 3.68. The fraction of sp³-hybridized carbons (Fsp3) is 0.308. The smallest absolute Gasteiger partial charge is 0.0542 e. The Bertz CT molecular complexity index is 454. The van der Waals surface area contributed by atoms with E-state index in [0.29, 0.717) is 0 Å². The SMILES string of the molecule is CCCC/N=C/c1cccc2cc[nH]c12. The molecule has 0 unspecified atom stereocenters. The summed E-state index contributed by atoms with van der Waals surface area (Å²) in [6.07, 6.45) is 6.30. The van der Waals surface area contributed by atoms with Crippen molar-refractivity contribution < 1.29 is 0 Å². The molecule has 0 aliphatic heterocycles. The molecule has 78 valence electrons. The topological polar surface area (TPSA) is 28.1 Å². The van der Waals surface area contributed by atoms with Gasteiger partial charge in [-0.3, -0.25) is 4.99 Å². The Morgan fingerprint density at radius 2 is 2.27 bits per heavy atom. The Labute approximate surface area is 90.0 Å². The summed E-state index contributed by atoms with van der Waals surface area (Å²) in [5.41, 5.74) is 2.35. The molecule has 0 spiro atoms. The second-order valence-electron chi connectivity index (χ2n) is 3.68. The van der Waals surface area contributed by atoms with Gasteiger partial charge < -0.3 is 4.98 Å². The van der Waals surface area contributed by atoms with E-state index in [1.807, 2.05) is 12.4 Å². The molecule has 0 aliphatic carbocycles. The number of fused-ring (bicyclic) bond motifs is 1.